The number of hydrogen-bond donors (Lipinski definition) is 2. The van der Waals surface area contributed by atoms with Crippen molar-refractivity contribution in [3.63, 3.8) is 0 Å². The van der Waals surface area contributed by atoms with Crippen molar-refractivity contribution in [3.05, 3.63) is 12.2 Å². The van der Waals surface area contributed by atoms with Gasteiger partial charge in [-0.05, 0) is 57.2 Å². The lowest BCUT2D eigenvalue weighted by Crippen LogP contribution is -2.42. The highest BCUT2D eigenvalue weighted by Crippen LogP contribution is 2.24. The number of carbonyl (C=O) groups is 2. The molecular formula is C18H31N3O2. The molecule has 0 radical (unpaired) electrons. The number of allylic oxidation sites excluding steroid dienone is 1. The van der Waals surface area contributed by atoms with Gasteiger partial charge in [-0.3, -0.25) is 9.59 Å². The summed E-state index contributed by atoms with van der Waals surface area (Å²) in [6.45, 7) is 3.39. The standard InChI is InChI=1S/C18H31N3O2/c19-18(23)16-8-4-12-21(14-16)13-5-11-20-17(22)10-9-15-6-2-1-3-7-15/h9-10,15-16H,1-8,11-14H2,(H2,19,23)(H,20,22)/b10-9+/t16-/m1/s1. The molecule has 5 nitrogen and oxygen atoms in total. The molecule has 0 unspecified atom stereocenters. The maximum Gasteiger partial charge on any atom is 0.243 e. The van der Waals surface area contributed by atoms with Crippen LogP contribution in [-0.4, -0.2) is 42.9 Å². The number of nitrogens with one attached hydrogen (secondary N) is 1. The van der Waals surface area contributed by atoms with Crippen LogP contribution in [0, 0.1) is 11.8 Å². The van der Waals surface area contributed by atoms with Gasteiger partial charge in [-0.1, -0.05) is 25.3 Å². The Morgan fingerprint density at radius 1 is 1.13 bits per heavy atom. The molecule has 2 fully saturated rings. The molecule has 0 aromatic rings. The van der Waals surface area contributed by atoms with Crippen LogP contribution in [0.15, 0.2) is 12.2 Å². The maximum atomic E-state index is 11.8. The lowest BCUT2D eigenvalue weighted by atomic mass is 9.89. The van der Waals surface area contributed by atoms with Gasteiger partial charge in [0.05, 0.1) is 5.92 Å². The van der Waals surface area contributed by atoms with Crippen molar-refractivity contribution in [3.8, 4) is 0 Å². The molecule has 130 valence electrons. The van der Waals surface area contributed by atoms with Crippen LogP contribution in [0.5, 0.6) is 0 Å². The van der Waals surface area contributed by atoms with Gasteiger partial charge in [0.15, 0.2) is 0 Å². The molecule has 2 rings (SSSR count). The van der Waals surface area contributed by atoms with Crippen LogP contribution in [0.2, 0.25) is 0 Å². The first-order chi connectivity index (χ1) is 11.1. The van der Waals surface area contributed by atoms with Crippen molar-refractivity contribution in [2.75, 3.05) is 26.2 Å². The summed E-state index contributed by atoms with van der Waals surface area (Å²) in [5.74, 6) is 0.422. The average Bonchev–Trinajstić information content (AvgIpc) is 2.58. The SMILES string of the molecule is NC(=O)[C@@H]1CCCN(CCCNC(=O)/C=C/C2CCCCC2)C1. The third-order valence-corrected chi connectivity index (χ3v) is 5.03. The van der Waals surface area contributed by atoms with E-state index in [4.69, 9.17) is 5.73 Å². The Balaban J connectivity index is 1.56. The zero-order valence-electron chi connectivity index (χ0n) is 14.1. The first kappa shape index (κ1) is 18.0. The molecule has 0 aromatic carbocycles. The number of primary amides is 1. The molecule has 1 atom stereocenters. The summed E-state index contributed by atoms with van der Waals surface area (Å²) in [4.78, 5) is 25.3. The van der Waals surface area contributed by atoms with E-state index in [9.17, 15) is 9.59 Å². The Labute approximate surface area is 139 Å². The van der Waals surface area contributed by atoms with Crippen LogP contribution in [0.1, 0.15) is 51.4 Å². The van der Waals surface area contributed by atoms with E-state index in [1.807, 2.05) is 0 Å². The number of likely N-dealkylation sites (tertiary alicyclic amines) is 1. The Kier molecular flexibility index (Phi) is 7.59. The molecule has 5 heteroatoms. The van der Waals surface area contributed by atoms with Crippen molar-refractivity contribution in [1.82, 2.24) is 10.2 Å². The van der Waals surface area contributed by atoms with E-state index in [0.29, 0.717) is 12.5 Å². The van der Waals surface area contributed by atoms with Crippen molar-refractivity contribution >= 4 is 11.8 Å². The lowest BCUT2D eigenvalue weighted by Gasteiger charge is -2.31. The number of nitrogens with two attached hydrogens (primary N) is 1. The number of carbonyl (C=O) groups excluding carboxylic acids is 2. The monoisotopic (exact) mass is 321 g/mol. The third-order valence-electron chi connectivity index (χ3n) is 5.03. The van der Waals surface area contributed by atoms with Crippen LogP contribution in [0.4, 0.5) is 0 Å². The van der Waals surface area contributed by atoms with E-state index in [-0.39, 0.29) is 17.7 Å². The largest absolute Gasteiger partial charge is 0.369 e. The summed E-state index contributed by atoms with van der Waals surface area (Å²) >= 11 is 0. The van der Waals surface area contributed by atoms with E-state index in [2.05, 4.69) is 16.3 Å². The number of piperidine rings is 1. The van der Waals surface area contributed by atoms with Gasteiger partial charge in [0.1, 0.15) is 0 Å². The number of amides is 2. The summed E-state index contributed by atoms with van der Waals surface area (Å²) in [5, 5.41) is 2.95. The van der Waals surface area contributed by atoms with Crippen molar-refractivity contribution in [2.45, 2.75) is 51.4 Å². The summed E-state index contributed by atoms with van der Waals surface area (Å²) in [6.07, 6.45) is 13.0. The topological polar surface area (TPSA) is 75.4 Å². The Bertz CT molecular complexity index is 416. The zero-order valence-corrected chi connectivity index (χ0v) is 14.1. The minimum atomic E-state index is -0.184. The van der Waals surface area contributed by atoms with E-state index in [1.54, 1.807) is 6.08 Å². The highest BCUT2D eigenvalue weighted by atomic mass is 16.1. The minimum Gasteiger partial charge on any atom is -0.369 e. The molecule has 2 aliphatic rings. The van der Waals surface area contributed by atoms with Gasteiger partial charge in [-0.25, -0.2) is 0 Å². The zero-order chi connectivity index (χ0) is 16.5. The molecule has 0 spiro atoms. The van der Waals surface area contributed by atoms with Crippen LogP contribution in [0.3, 0.4) is 0 Å². The second-order valence-electron chi connectivity index (χ2n) is 6.94. The van der Waals surface area contributed by atoms with E-state index in [1.165, 1.54) is 32.1 Å². The van der Waals surface area contributed by atoms with Gasteiger partial charge < -0.3 is 16.0 Å². The van der Waals surface area contributed by atoms with Gasteiger partial charge in [0.2, 0.25) is 11.8 Å². The lowest BCUT2D eigenvalue weighted by molar-refractivity contribution is -0.123. The van der Waals surface area contributed by atoms with Gasteiger partial charge in [0, 0.05) is 13.1 Å². The van der Waals surface area contributed by atoms with Gasteiger partial charge in [-0.15, -0.1) is 0 Å². The molecule has 1 heterocycles. The summed E-state index contributed by atoms with van der Waals surface area (Å²) < 4.78 is 0. The molecule has 1 aliphatic carbocycles. The van der Waals surface area contributed by atoms with Gasteiger partial charge in [0.25, 0.3) is 0 Å². The van der Waals surface area contributed by atoms with Crippen LogP contribution >= 0.6 is 0 Å². The molecule has 23 heavy (non-hydrogen) atoms. The Morgan fingerprint density at radius 2 is 1.91 bits per heavy atom. The van der Waals surface area contributed by atoms with Crippen LogP contribution < -0.4 is 11.1 Å². The molecule has 1 saturated carbocycles. The predicted octanol–water partition coefficient (Wildman–Crippen LogP) is 1.83. The van der Waals surface area contributed by atoms with Crippen LogP contribution in [0.25, 0.3) is 0 Å². The van der Waals surface area contributed by atoms with Gasteiger partial charge >= 0.3 is 0 Å². The van der Waals surface area contributed by atoms with Gasteiger partial charge in [-0.2, -0.15) is 0 Å². The normalized spacial score (nSPS) is 23.9. The average molecular weight is 321 g/mol. The molecule has 3 N–H and O–H groups in total. The van der Waals surface area contributed by atoms with E-state index < -0.39 is 0 Å². The molecule has 1 aliphatic heterocycles. The smallest absolute Gasteiger partial charge is 0.243 e. The predicted molar refractivity (Wildman–Crippen MR) is 91.7 cm³/mol. The summed E-state index contributed by atoms with van der Waals surface area (Å²) in [6, 6.07) is 0. The quantitative estimate of drug-likeness (QED) is 0.555. The van der Waals surface area contributed by atoms with Crippen molar-refractivity contribution < 1.29 is 9.59 Å². The minimum absolute atomic E-state index is 0.00299. The molecular weight excluding hydrogens is 290 g/mol. The number of rotatable bonds is 7. The van der Waals surface area contributed by atoms with E-state index in [0.717, 1.165) is 38.9 Å². The highest BCUT2D eigenvalue weighted by molar-refractivity contribution is 5.87. The first-order valence-electron chi connectivity index (χ1n) is 9.13. The summed E-state index contributed by atoms with van der Waals surface area (Å²) in [7, 11) is 0. The van der Waals surface area contributed by atoms with Crippen molar-refractivity contribution in [2.24, 2.45) is 17.6 Å². The third kappa shape index (κ3) is 6.73. The Morgan fingerprint density at radius 3 is 2.65 bits per heavy atom. The molecule has 2 amide bonds. The fourth-order valence-corrected chi connectivity index (χ4v) is 3.61. The maximum absolute atomic E-state index is 11.8. The number of nitrogens with zero attached hydrogens (tertiary/aromatic N) is 1. The summed E-state index contributed by atoms with van der Waals surface area (Å²) in [5.41, 5.74) is 5.39. The molecule has 0 aromatic heterocycles. The Hall–Kier alpha value is -1.36. The highest BCUT2D eigenvalue weighted by Gasteiger charge is 2.23. The molecule has 1 saturated heterocycles. The fourth-order valence-electron chi connectivity index (χ4n) is 3.61. The van der Waals surface area contributed by atoms with Crippen LogP contribution in [-0.2, 0) is 9.59 Å². The molecule has 0 bridgehead atoms. The second kappa shape index (κ2) is 9.71. The van der Waals surface area contributed by atoms with Crippen molar-refractivity contribution in [1.29, 1.82) is 0 Å². The number of hydrogen-bond acceptors (Lipinski definition) is 3. The first-order valence-corrected chi connectivity index (χ1v) is 9.13. The van der Waals surface area contributed by atoms with E-state index >= 15 is 0 Å². The fraction of sp³-hybridized carbons (Fsp3) is 0.778. The second-order valence-corrected chi connectivity index (χ2v) is 6.94.